The molecule has 0 aliphatic heterocycles. The summed E-state index contributed by atoms with van der Waals surface area (Å²) in [4.78, 5) is 0.0616. The Labute approximate surface area is 117 Å². The first-order chi connectivity index (χ1) is 9.34. The molecule has 7 nitrogen and oxygen atoms in total. The van der Waals surface area contributed by atoms with Gasteiger partial charge in [0.1, 0.15) is 5.69 Å². The van der Waals surface area contributed by atoms with Crippen LogP contribution in [0.3, 0.4) is 0 Å². The second-order valence-electron chi connectivity index (χ2n) is 4.73. The molecule has 108 valence electrons. The Hall–Kier alpha value is -1.77. The normalized spacial score (nSPS) is 12.1. The minimum absolute atomic E-state index is 0.0616. The molecule has 1 aromatic carbocycles. The van der Waals surface area contributed by atoms with E-state index in [2.05, 4.69) is 10.3 Å². The quantitative estimate of drug-likeness (QED) is 0.851. The zero-order valence-electron chi connectivity index (χ0n) is 11.3. The number of nitrogens with two attached hydrogens (primary N) is 2. The fraction of sp³-hybridized carbons (Fsp3) is 0.333. The van der Waals surface area contributed by atoms with Gasteiger partial charge in [-0.15, -0.1) is 5.10 Å². The van der Waals surface area contributed by atoms with Crippen molar-refractivity contribution in [2.45, 2.75) is 31.2 Å². The van der Waals surface area contributed by atoms with E-state index in [-0.39, 0.29) is 10.8 Å². The van der Waals surface area contributed by atoms with Crippen LogP contribution in [0.1, 0.15) is 31.2 Å². The summed E-state index contributed by atoms with van der Waals surface area (Å²) in [6, 6.07) is 6.17. The molecule has 8 heteroatoms. The highest BCUT2D eigenvalue weighted by Gasteiger charge is 2.16. The Balaban J connectivity index is 2.50. The Morgan fingerprint density at radius 3 is 2.30 bits per heavy atom. The van der Waals surface area contributed by atoms with Crippen LogP contribution >= 0.6 is 0 Å². The minimum Gasteiger partial charge on any atom is -0.325 e. The molecule has 2 aromatic rings. The number of nitrogens with zero attached hydrogens (tertiary/aromatic N) is 3. The van der Waals surface area contributed by atoms with Gasteiger partial charge in [-0.1, -0.05) is 19.1 Å². The summed E-state index contributed by atoms with van der Waals surface area (Å²) in [5.41, 5.74) is 8.01. The molecule has 0 spiro atoms. The first-order valence-electron chi connectivity index (χ1n) is 6.12. The number of aromatic nitrogens is 3. The first-order valence-corrected chi connectivity index (χ1v) is 7.67. The van der Waals surface area contributed by atoms with Crippen LogP contribution in [0.4, 0.5) is 0 Å². The van der Waals surface area contributed by atoms with E-state index in [1.165, 1.54) is 12.1 Å². The van der Waals surface area contributed by atoms with Crippen LogP contribution in [-0.2, 0) is 16.6 Å². The van der Waals surface area contributed by atoms with Crippen molar-refractivity contribution in [3.05, 3.63) is 35.7 Å². The van der Waals surface area contributed by atoms with Crippen LogP contribution in [0.5, 0.6) is 0 Å². The fourth-order valence-corrected chi connectivity index (χ4v) is 2.53. The predicted octanol–water partition coefficient (Wildman–Crippen LogP) is 0.497. The lowest BCUT2D eigenvalue weighted by Gasteiger charge is -2.10. The van der Waals surface area contributed by atoms with E-state index in [1.807, 2.05) is 13.8 Å². The summed E-state index contributed by atoms with van der Waals surface area (Å²) in [6.45, 7) is 4.35. The smallest absolute Gasteiger partial charge is 0.238 e. The maximum absolute atomic E-state index is 11.2. The summed E-state index contributed by atoms with van der Waals surface area (Å²) in [6.07, 6.45) is 0. The van der Waals surface area contributed by atoms with Crippen molar-refractivity contribution >= 4 is 10.0 Å². The molecule has 0 unspecified atom stereocenters. The molecule has 20 heavy (non-hydrogen) atoms. The van der Waals surface area contributed by atoms with Crippen LogP contribution in [0, 0.1) is 0 Å². The molecule has 0 bridgehead atoms. The molecule has 0 atom stereocenters. The summed E-state index contributed by atoms with van der Waals surface area (Å²) in [5.74, 6) is 0.196. The van der Waals surface area contributed by atoms with Crippen LogP contribution in [0.15, 0.2) is 29.2 Å². The SMILES string of the molecule is CC(C)c1c(CN)nnn1-c1ccc(S(N)(=O)=O)cc1. The largest absolute Gasteiger partial charge is 0.325 e. The monoisotopic (exact) mass is 295 g/mol. The van der Waals surface area contributed by atoms with Gasteiger partial charge in [-0.05, 0) is 30.2 Å². The zero-order chi connectivity index (χ0) is 14.9. The first kappa shape index (κ1) is 14.6. The highest BCUT2D eigenvalue weighted by atomic mass is 32.2. The molecule has 0 saturated heterocycles. The summed E-state index contributed by atoms with van der Waals surface area (Å²) < 4.78 is 24.1. The van der Waals surface area contributed by atoms with Gasteiger partial charge in [0, 0.05) is 6.54 Å². The molecule has 0 radical (unpaired) electrons. The average molecular weight is 295 g/mol. The van der Waals surface area contributed by atoms with Crippen LogP contribution in [0.25, 0.3) is 5.69 Å². The topological polar surface area (TPSA) is 117 Å². The van der Waals surface area contributed by atoms with Crippen molar-refractivity contribution in [1.29, 1.82) is 0 Å². The molecule has 0 aliphatic carbocycles. The van der Waals surface area contributed by atoms with E-state index in [9.17, 15) is 8.42 Å². The number of primary sulfonamides is 1. The van der Waals surface area contributed by atoms with Crippen LogP contribution in [-0.4, -0.2) is 23.4 Å². The van der Waals surface area contributed by atoms with Gasteiger partial charge in [0.05, 0.1) is 16.3 Å². The van der Waals surface area contributed by atoms with Crippen LogP contribution < -0.4 is 10.9 Å². The highest BCUT2D eigenvalue weighted by molar-refractivity contribution is 7.89. The van der Waals surface area contributed by atoms with E-state index in [0.717, 1.165) is 11.4 Å². The second-order valence-corrected chi connectivity index (χ2v) is 6.29. The Bertz CT molecular complexity index is 704. The van der Waals surface area contributed by atoms with Gasteiger partial charge in [-0.25, -0.2) is 18.2 Å². The molecule has 0 saturated carbocycles. The van der Waals surface area contributed by atoms with E-state index in [4.69, 9.17) is 10.9 Å². The van der Waals surface area contributed by atoms with Gasteiger partial charge >= 0.3 is 0 Å². The van der Waals surface area contributed by atoms with Gasteiger partial charge < -0.3 is 5.73 Å². The van der Waals surface area contributed by atoms with Gasteiger partial charge in [0.2, 0.25) is 10.0 Å². The third kappa shape index (κ3) is 2.72. The number of hydrogen-bond acceptors (Lipinski definition) is 5. The molecule has 0 aliphatic rings. The Morgan fingerprint density at radius 1 is 1.25 bits per heavy atom. The molecule has 0 amide bonds. The molecular weight excluding hydrogens is 278 g/mol. The summed E-state index contributed by atoms with van der Waals surface area (Å²) >= 11 is 0. The standard InChI is InChI=1S/C12H17N5O2S/c1-8(2)12-11(7-13)15-16-17(12)9-3-5-10(6-4-9)20(14,18)19/h3-6,8H,7,13H2,1-2H3,(H2,14,18,19). The number of hydrogen-bond donors (Lipinski definition) is 2. The molecule has 4 N–H and O–H groups in total. The Morgan fingerprint density at radius 2 is 1.85 bits per heavy atom. The van der Waals surface area contributed by atoms with Crippen molar-refractivity contribution in [1.82, 2.24) is 15.0 Å². The van der Waals surface area contributed by atoms with Gasteiger partial charge in [-0.2, -0.15) is 0 Å². The summed E-state index contributed by atoms with van der Waals surface area (Å²) in [5, 5.41) is 13.2. The van der Waals surface area contributed by atoms with Gasteiger partial charge in [-0.3, -0.25) is 0 Å². The average Bonchev–Trinajstić information content (AvgIpc) is 2.81. The lowest BCUT2D eigenvalue weighted by Crippen LogP contribution is -2.12. The minimum atomic E-state index is -3.69. The maximum atomic E-state index is 11.2. The van der Waals surface area contributed by atoms with E-state index < -0.39 is 10.0 Å². The highest BCUT2D eigenvalue weighted by Crippen LogP contribution is 2.21. The summed E-state index contributed by atoms with van der Waals surface area (Å²) in [7, 11) is -3.69. The van der Waals surface area contributed by atoms with Crippen molar-refractivity contribution < 1.29 is 8.42 Å². The Kier molecular flexibility index (Phi) is 3.89. The van der Waals surface area contributed by atoms with Gasteiger partial charge in [0.25, 0.3) is 0 Å². The molecular formula is C12H17N5O2S. The van der Waals surface area contributed by atoms with E-state index >= 15 is 0 Å². The lowest BCUT2D eigenvalue weighted by atomic mass is 10.1. The number of rotatable bonds is 4. The third-order valence-electron chi connectivity index (χ3n) is 2.93. The van der Waals surface area contributed by atoms with Crippen molar-refractivity contribution in [2.75, 3.05) is 0 Å². The van der Waals surface area contributed by atoms with Crippen molar-refractivity contribution in [2.24, 2.45) is 10.9 Å². The number of benzene rings is 1. The molecule has 2 rings (SSSR count). The van der Waals surface area contributed by atoms with Gasteiger partial charge in [0.15, 0.2) is 0 Å². The molecule has 0 fully saturated rings. The van der Waals surface area contributed by atoms with Crippen LogP contribution in [0.2, 0.25) is 0 Å². The van der Waals surface area contributed by atoms with E-state index in [1.54, 1.807) is 16.8 Å². The maximum Gasteiger partial charge on any atom is 0.238 e. The predicted molar refractivity (Wildman–Crippen MR) is 74.7 cm³/mol. The zero-order valence-corrected chi connectivity index (χ0v) is 12.1. The fourth-order valence-electron chi connectivity index (χ4n) is 2.01. The van der Waals surface area contributed by atoms with E-state index in [0.29, 0.717) is 12.2 Å². The van der Waals surface area contributed by atoms with Crippen molar-refractivity contribution in [3.8, 4) is 5.69 Å². The molecule has 1 heterocycles. The second kappa shape index (κ2) is 5.31. The van der Waals surface area contributed by atoms with Crippen molar-refractivity contribution in [3.63, 3.8) is 0 Å². The third-order valence-corrected chi connectivity index (χ3v) is 3.86. The number of sulfonamides is 1. The molecule has 1 aromatic heterocycles. The lowest BCUT2D eigenvalue weighted by molar-refractivity contribution is 0.597.